The molecule has 1 heterocycles. The molecule has 1 rings (SSSR count). The first kappa shape index (κ1) is 11.9. The van der Waals surface area contributed by atoms with Gasteiger partial charge in [0.15, 0.2) is 0 Å². The number of thioether (sulfide) groups is 1. The Morgan fingerprint density at radius 2 is 2.29 bits per heavy atom. The Hall–Kier alpha value is -0.180. The molecular formula is C11H21NOS. The predicted octanol–water partition coefficient (Wildman–Crippen LogP) is 2.43. The van der Waals surface area contributed by atoms with Crippen molar-refractivity contribution in [3.05, 3.63) is 0 Å². The molecule has 3 heteroatoms. The Kier molecular flexibility index (Phi) is 5.38. The number of hydrogen-bond acceptors (Lipinski definition) is 2. The van der Waals surface area contributed by atoms with Gasteiger partial charge < -0.3 is 5.32 Å². The van der Waals surface area contributed by atoms with E-state index in [0.29, 0.717) is 5.92 Å². The fourth-order valence-corrected chi connectivity index (χ4v) is 2.77. The zero-order chi connectivity index (χ0) is 10.4. The van der Waals surface area contributed by atoms with Crippen LogP contribution in [0.5, 0.6) is 0 Å². The van der Waals surface area contributed by atoms with Crippen molar-refractivity contribution < 1.29 is 4.79 Å². The standard InChI is InChI=1S/C11H21NOS/c1-9(2)6-7-12-11(13)10-5-3-4-8-14-10/h9-10H,3-8H2,1-2H3,(H,12,13). The minimum Gasteiger partial charge on any atom is -0.355 e. The van der Waals surface area contributed by atoms with Crippen molar-refractivity contribution in [2.75, 3.05) is 12.3 Å². The van der Waals surface area contributed by atoms with Crippen LogP contribution in [0, 0.1) is 5.92 Å². The van der Waals surface area contributed by atoms with Crippen molar-refractivity contribution in [3.8, 4) is 0 Å². The lowest BCUT2D eigenvalue weighted by Crippen LogP contribution is -2.35. The molecule has 0 spiro atoms. The minimum absolute atomic E-state index is 0.232. The van der Waals surface area contributed by atoms with Crippen molar-refractivity contribution in [3.63, 3.8) is 0 Å². The number of amides is 1. The van der Waals surface area contributed by atoms with Crippen LogP contribution in [-0.2, 0) is 4.79 Å². The summed E-state index contributed by atoms with van der Waals surface area (Å²) < 4.78 is 0. The molecule has 0 aromatic carbocycles. The number of nitrogens with one attached hydrogen (secondary N) is 1. The third-order valence-corrected chi connectivity index (χ3v) is 3.87. The van der Waals surface area contributed by atoms with Crippen LogP contribution in [0.25, 0.3) is 0 Å². The van der Waals surface area contributed by atoms with Gasteiger partial charge in [-0.1, -0.05) is 20.3 Å². The van der Waals surface area contributed by atoms with Gasteiger partial charge in [-0.15, -0.1) is 11.8 Å². The summed E-state index contributed by atoms with van der Waals surface area (Å²) in [5.74, 6) is 2.09. The molecule has 0 radical (unpaired) electrons. The van der Waals surface area contributed by atoms with Gasteiger partial charge >= 0.3 is 0 Å². The maximum absolute atomic E-state index is 11.6. The molecule has 0 bridgehead atoms. The molecular weight excluding hydrogens is 194 g/mol. The molecule has 1 N–H and O–H groups in total. The first-order valence-electron chi connectivity index (χ1n) is 5.59. The zero-order valence-corrected chi connectivity index (χ0v) is 10.0. The van der Waals surface area contributed by atoms with Gasteiger partial charge in [0.25, 0.3) is 0 Å². The van der Waals surface area contributed by atoms with E-state index in [9.17, 15) is 4.79 Å². The maximum atomic E-state index is 11.6. The van der Waals surface area contributed by atoms with Gasteiger partial charge in [-0.25, -0.2) is 0 Å². The van der Waals surface area contributed by atoms with Crippen LogP contribution in [-0.4, -0.2) is 23.5 Å². The lowest BCUT2D eigenvalue weighted by atomic mass is 10.1. The number of rotatable bonds is 4. The van der Waals surface area contributed by atoms with Crippen molar-refractivity contribution in [1.29, 1.82) is 0 Å². The van der Waals surface area contributed by atoms with Gasteiger partial charge in [0.2, 0.25) is 5.91 Å². The third kappa shape index (κ3) is 4.36. The van der Waals surface area contributed by atoms with Gasteiger partial charge in [-0.2, -0.15) is 0 Å². The van der Waals surface area contributed by atoms with Gasteiger partial charge in [0.05, 0.1) is 5.25 Å². The highest BCUT2D eigenvalue weighted by atomic mass is 32.2. The monoisotopic (exact) mass is 215 g/mol. The molecule has 1 amide bonds. The van der Waals surface area contributed by atoms with E-state index >= 15 is 0 Å². The highest BCUT2D eigenvalue weighted by molar-refractivity contribution is 8.00. The van der Waals surface area contributed by atoms with Crippen LogP contribution in [0.15, 0.2) is 0 Å². The number of carbonyl (C=O) groups is 1. The molecule has 1 aliphatic rings. The predicted molar refractivity (Wildman–Crippen MR) is 62.6 cm³/mol. The van der Waals surface area contributed by atoms with E-state index in [1.165, 1.54) is 12.8 Å². The third-order valence-electron chi connectivity index (χ3n) is 2.49. The summed E-state index contributed by atoms with van der Waals surface area (Å²) in [6, 6.07) is 0. The Morgan fingerprint density at radius 1 is 1.50 bits per heavy atom. The molecule has 82 valence electrons. The van der Waals surface area contributed by atoms with Crippen molar-refractivity contribution in [2.45, 2.75) is 44.8 Å². The fraction of sp³-hybridized carbons (Fsp3) is 0.909. The van der Waals surface area contributed by atoms with E-state index in [0.717, 1.165) is 25.1 Å². The number of carbonyl (C=O) groups excluding carboxylic acids is 1. The summed E-state index contributed by atoms with van der Waals surface area (Å²) in [4.78, 5) is 11.6. The molecule has 0 aromatic heterocycles. The molecule has 1 aliphatic heterocycles. The molecule has 1 unspecified atom stereocenters. The summed E-state index contributed by atoms with van der Waals surface area (Å²) in [5, 5.41) is 3.26. The van der Waals surface area contributed by atoms with Crippen LogP contribution in [0.3, 0.4) is 0 Å². The second-order valence-electron chi connectivity index (χ2n) is 4.33. The zero-order valence-electron chi connectivity index (χ0n) is 9.21. The summed E-state index contributed by atoms with van der Waals surface area (Å²) in [6.07, 6.45) is 4.65. The van der Waals surface area contributed by atoms with Gasteiger partial charge in [-0.05, 0) is 30.9 Å². The smallest absolute Gasteiger partial charge is 0.233 e. The highest BCUT2D eigenvalue weighted by Crippen LogP contribution is 2.24. The van der Waals surface area contributed by atoms with Gasteiger partial charge in [0.1, 0.15) is 0 Å². The minimum atomic E-state index is 0.232. The topological polar surface area (TPSA) is 29.1 Å². The molecule has 14 heavy (non-hydrogen) atoms. The van der Waals surface area contributed by atoms with Gasteiger partial charge in [0, 0.05) is 6.54 Å². The number of hydrogen-bond donors (Lipinski definition) is 1. The molecule has 0 saturated carbocycles. The maximum Gasteiger partial charge on any atom is 0.233 e. The van der Waals surface area contributed by atoms with Crippen LogP contribution in [0.1, 0.15) is 39.5 Å². The van der Waals surface area contributed by atoms with Gasteiger partial charge in [-0.3, -0.25) is 4.79 Å². The summed E-state index contributed by atoms with van der Waals surface area (Å²) >= 11 is 1.82. The average molecular weight is 215 g/mol. The van der Waals surface area contributed by atoms with Crippen LogP contribution >= 0.6 is 11.8 Å². The Bertz CT molecular complexity index is 176. The van der Waals surface area contributed by atoms with E-state index in [-0.39, 0.29) is 11.2 Å². The second kappa shape index (κ2) is 6.33. The molecule has 0 aliphatic carbocycles. The summed E-state index contributed by atoms with van der Waals surface area (Å²) in [7, 11) is 0. The molecule has 0 aromatic rings. The van der Waals surface area contributed by atoms with Crippen LogP contribution in [0.2, 0.25) is 0 Å². The van der Waals surface area contributed by atoms with Crippen molar-refractivity contribution >= 4 is 17.7 Å². The Balaban J connectivity index is 2.13. The largest absolute Gasteiger partial charge is 0.355 e. The molecule has 2 nitrogen and oxygen atoms in total. The van der Waals surface area contributed by atoms with Crippen molar-refractivity contribution in [1.82, 2.24) is 5.32 Å². The highest BCUT2D eigenvalue weighted by Gasteiger charge is 2.20. The summed E-state index contributed by atoms with van der Waals surface area (Å²) in [6.45, 7) is 5.20. The van der Waals surface area contributed by atoms with Crippen LogP contribution < -0.4 is 5.32 Å². The van der Waals surface area contributed by atoms with Crippen LogP contribution in [0.4, 0.5) is 0 Å². The average Bonchev–Trinajstić information content (AvgIpc) is 2.18. The lowest BCUT2D eigenvalue weighted by molar-refractivity contribution is -0.120. The van der Waals surface area contributed by atoms with Crippen molar-refractivity contribution in [2.24, 2.45) is 5.92 Å². The quantitative estimate of drug-likeness (QED) is 0.780. The lowest BCUT2D eigenvalue weighted by Gasteiger charge is -2.20. The second-order valence-corrected chi connectivity index (χ2v) is 5.64. The Labute approximate surface area is 91.2 Å². The van der Waals surface area contributed by atoms with E-state index in [1.54, 1.807) is 0 Å². The van der Waals surface area contributed by atoms with E-state index < -0.39 is 0 Å². The van der Waals surface area contributed by atoms with E-state index in [1.807, 2.05) is 11.8 Å². The molecule has 1 fully saturated rings. The summed E-state index contributed by atoms with van der Waals surface area (Å²) in [5.41, 5.74) is 0. The molecule has 1 saturated heterocycles. The molecule has 1 atom stereocenters. The Morgan fingerprint density at radius 3 is 2.86 bits per heavy atom. The first-order valence-corrected chi connectivity index (χ1v) is 6.64. The SMILES string of the molecule is CC(C)CCNC(=O)C1CCCCS1. The normalized spacial score (nSPS) is 22.4. The van der Waals surface area contributed by atoms with E-state index in [2.05, 4.69) is 19.2 Å². The fourth-order valence-electron chi connectivity index (χ4n) is 1.55. The first-order chi connectivity index (χ1) is 6.70. The van der Waals surface area contributed by atoms with E-state index in [4.69, 9.17) is 0 Å².